The molecule has 2 heteroatoms. The highest BCUT2D eigenvalue weighted by molar-refractivity contribution is 4.87. The van der Waals surface area contributed by atoms with Gasteiger partial charge in [-0.15, -0.1) is 0 Å². The molecule has 1 N–H and O–H groups in total. The van der Waals surface area contributed by atoms with Crippen LogP contribution in [0, 0.1) is 11.8 Å². The predicted octanol–water partition coefficient (Wildman–Crippen LogP) is 3.21. The minimum atomic E-state index is 0.375. The van der Waals surface area contributed by atoms with Crippen LogP contribution in [0.1, 0.15) is 54.4 Å². The lowest BCUT2D eigenvalue weighted by Gasteiger charge is -2.31. The largest absolute Gasteiger partial charge is 0.374 e. The van der Waals surface area contributed by atoms with Crippen molar-refractivity contribution < 1.29 is 4.74 Å². The van der Waals surface area contributed by atoms with Crippen molar-refractivity contribution in [2.75, 3.05) is 0 Å². The molecule has 0 bridgehead atoms. The average Bonchev–Trinajstić information content (AvgIpc) is 2.23. The van der Waals surface area contributed by atoms with Crippen LogP contribution in [0.15, 0.2) is 0 Å². The maximum Gasteiger partial charge on any atom is 0.0736 e. The Bertz CT molecular complexity index is 203. The first kappa shape index (κ1) is 14.0. The van der Waals surface area contributed by atoms with Crippen LogP contribution in [-0.2, 0) is 4.74 Å². The fourth-order valence-electron chi connectivity index (χ4n) is 2.73. The molecule has 0 spiro atoms. The molecule has 1 aliphatic rings. The molecule has 0 saturated carbocycles. The maximum atomic E-state index is 6.20. The van der Waals surface area contributed by atoms with E-state index in [9.17, 15) is 0 Å². The zero-order valence-electron chi connectivity index (χ0n) is 11.8. The van der Waals surface area contributed by atoms with Gasteiger partial charge in [0.15, 0.2) is 0 Å². The molecule has 1 saturated heterocycles. The second-order valence-corrected chi connectivity index (χ2v) is 6.19. The Balaban J connectivity index is 2.72. The topological polar surface area (TPSA) is 21.3 Å². The number of ether oxygens (including phenoxy) is 1. The summed E-state index contributed by atoms with van der Waals surface area (Å²) in [6, 6.07) is 1.07. The third-order valence-corrected chi connectivity index (χ3v) is 3.39. The molecular weight excluding hydrogens is 198 g/mol. The van der Waals surface area contributed by atoms with E-state index >= 15 is 0 Å². The van der Waals surface area contributed by atoms with Crippen LogP contribution in [0.25, 0.3) is 0 Å². The lowest BCUT2D eigenvalue weighted by molar-refractivity contribution is -0.0270. The summed E-state index contributed by atoms with van der Waals surface area (Å²) in [5.41, 5.74) is 0. The summed E-state index contributed by atoms with van der Waals surface area (Å²) in [6.07, 6.45) is 3.04. The molecule has 0 aliphatic carbocycles. The summed E-state index contributed by atoms with van der Waals surface area (Å²) in [5, 5.41) is 3.74. The lowest BCUT2D eigenvalue weighted by atomic mass is 9.92. The molecule has 0 aromatic heterocycles. The first-order valence-corrected chi connectivity index (χ1v) is 6.81. The minimum absolute atomic E-state index is 0.375. The van der Waals surface area contributed by atoms with Gasteiger partial charge in [-0.1, -0.05) is 27.7 Å². The quantitative estimate of drug-likeness (QED) is 0.799. The van der Waals surface area contributed by atoms with Crippen LogP contribution >= 0.6 is 0 Å². The standard InChI is InChI=1S/C14H29NO/c1-9(2)7-13-14(10(3)4)15-11(5)8-12(6)16-13/h9-15H,7-8H2,1-6H3. The SMILES string of the molecule is CC(C)CC1OC(C)CC(C)NC1C(C)C. The van der Waals surface area contributed by atoms with Gasteiger partial charge in [-0.05, 0) is 38.5 Å². The van der Waals surface area contributed by atoms with Crippen molar-refractivity contribution in [2.24, 2.45) is 11.8 Å². The molecule has 0 amide bonds. The molecule has 96 valence electrons. The van der Waals surface area contributed by atoms with Gasteiger partial charge < -0.3 is 10.1 Å². The molecule has 0 radical (unpaired) electrons. The van der Waals surface area contributed by atoms with Gasteiger partial charge in [0.05, 0.1) is 12.2 Å². The molecule has 0 aromatic carbocycles. The molecule has 1 heterocycles. The summed E-state index contributed by atoms with van der Waals surface area (Å²) in [4.78, 5) is 0. The van der Waals surface area contributed by atoms with Crippen molar-refractivity contribution >= 4 is 0 Å². The number of hydrogen-bond donors (Lipinski definition) is 1. The van der Waals surface area contributed by atoms with Gasteiger partial charge in [0.1, 0.15) is 0 Å². The van der Waals surface area contributed by atoms with Gasteiger partial charge in [0.2, 0.25) is 0 Å². The first-order valence-electron chi connectivity index (χ1n) is 6.81. The molecule has 1 fully saturated rings. The molecular formula is C14H29NO. The average molecular weight is 227 g/mol. The summed E-state index contributed by atoms with van der Waals surface area (Å²) < 4.78 is 6.20. The van der Waals surface area contributed by atoms with Gasteiger partial charge in [-0.3, -0.25) is 0 Å². The number of nitrogens with one attached hydrogen (secondary N) is 1. The summed E-state index contributed by atoms with van der Waals surface area (Å²) in [7, 11) is 0. The third kappa shape index (κ3) is 4.06. The van der Waals surface area contributed by atoms with Crippen molar-refractivity contribution in [2.45, 2.75) is 78.7 Å². The Morgan fingerprint density at radius 1 is 1.19 bits per heavy atom. The molecule has 2 nitrogen and oxygen atoms in total. The normalized spacial score (nSPS) is 36.8. The second kappa shape index (κ2) is 6.02. The summed E-state index contributed by atoms with van der Waals surface area (Å²) in [5.74, 6) is 1.34. The minimum Gasteiger partial charge on any atom is -0.374 e. The van der Waals surface area contributed by atoms with Crippen LogP contribution < -0.4 is 5.32 Å². The van der Waals surface area contributed by atoms with Crippen molar-refractivity contribution in [3.05, 3.63) is 0 Å². The van der Waals surface area contributed by atoms with Gasteiger partial charge in [-0.2, -0.15) is 0 Å². The molecule has 0 aromatic rings. The zero-order chi connectivity index (χ0) is 12.3. The van der Waals surface area contributed by atoms with Crippen molar-refractivity contribution in [1.82, 2.24) is 5.32 Å². The van der Waals surface area contributed by atoms with Gasteiger partial charge >= 0.3 is 0 Å². The summed E-state index contributed by atoms with van der Waals surface area (Å²) in [6.45, 7) is 13.6. The lowest BCUT2D eigenvalue weighted by Crippen LogP contribution is -2.46. The zero-order valence-corrected chi connectivity index (χ0v) is 11.8. The first-order chi connectivity index (χ1) is 7.40. The van der Waals surface area contributed by atoms with E-state index in [1.54, 1.807) is 0 Å². The van der Waals surface area contributed by atoms with Crippen molar-refractivity contribution in [3.8, 4) is 0 Å². The molecule has 4 atom stereocenters. The highest BCUT2D eigenvalue weighted by atomic mass is 16.5. The Labute approximate surface area is 101 Å². The smallest absolute Gasteiger partial charge is 0.0736 e. The predicted molar refractivity (Wildman–Crippen MR) is 69.6 cm³/mol. The van der Waals surface area contributed by atoms with Gasteiger partial charge in [0, 0.05) is 12.1 Å². The van der Waals surface area contributed by atoms with E-state index in [-0.39, 0.29) is 0 Å². The Kier molecular flexibility index (Phi) is 5.26. The second-order valence-electron chi connectivity index (χ2n) is 6.19. The summed E-state index contributed by atoms with van der Waals surface area (Å²) >= 11 is 0. The van der Waals surface area contributed by atoms with Crippen LogP contribution in [0.3, 0.4) is 0 Å². The molecule has 16 heavy (non-hydrogen) atoms. The maximum absolute atomic E-state index is 6.20. The Hall–Kier alpha value is -0.0800. The van der Waals surface area contributed by atoms with Gasteiger partial charge in [-0.25, -0.2) is 0 Å². The molecule has 4 unspecified atom stereocenters. The Morgan fingerprint density at radius 3 is 2.31 bits per heavy atom. The highest BCUT2D eigenvalue weighted by Gasteiger charge is 2.31. The van der Waals surface area contributed by atoms with Crippen LogP contribution in [0.5, 0.6) is 0 Å². The van der Waals surface area contributed by atoms with E-state index in [0.717, 1.165) is 12.8 Å². The van der Waals surface area contributed by atoms with Crippen molar-refractivity contribution in [3.63, 3.8) is 0 Å². The number of hydrogen-bond acceptors (Lipinski definition) is 2. The monoisotopic (exact) mass is 227 g/mol. The fourth-order valence-corrected chi connectivity index (χ4v) is 2.73. The van der Waals surface area contributed by atoms with E-state index in [0.29, 0.717) is 36.1 Å². The third-order valence-electron chi connectivity index (χ3n) is 3.39. The van der Waals surface area contributed by atoms with Crippen LogP contribution in [0.4, 0.5) is 0 Å². The molecule has 1 rings (SSSR count). The van der Waals surface area contributed by atoms with E-state index in [2.05, 4.69) is 46.9 Å². The Morgan fingerprint density at radius 2 is 1.81 bits per heavy atom. The van der Waals surface area contributed by atoms with Crippen molar-refractivity contribution in [1.29, 1.82) is 0 Å². The highest BCUT2D eigenvalue weighted by Crippen LogP contribution is 2.24. The van der Waals surface area contributed by atoms with Crippen LogP contribution in [-0.4, -0.2) is 24.3 Å². The molecule has 1 aliphatic heterocycles. The van der Waals surface area contributed by atoms with E-state index < -0.39 is 0 Å². The van der Waals surface area contributed by atoms with Gasteiger partial charge in [0.25, 0.3) is 0 Å². The number of rotatable bonds is 3. The van der Waals surface area contributed by atoms with E-state index in [1.165, 1.54) is 0 Å². The van der Waals surface area contributed by atoms with E-state index in [4.69, 9.17) is 4.74 Å². The van der Waals surface area contributed by atoms with E-state index in [1.807, 2.05) is 0 Å². The fraction of sp³-hybridized carbons (Fsp3) is 1.00. The van der Waals surface area contributed by atoms with Crippen LogP contribution in [0.2, 0.25) is 0 Å².